The number of hydrogen-bond acceptors (Lipinski definition) is 5. The molecule has 5 nitrogen and oxygen atoms in total. The van der Waals surface area contributed by atoms with Crippen LogP contribution in [0.25, 0.3) is 6.08 Å². The van der Waals surface area contributed by atoms with E-state index in [1.54, 1.807) is 12.4 Å². The maximum Gasteiger partial charge on any atom is 0.109 e. The van der Waals surface area contributed by atoms with Crippen molar-refractivity contribution in [2.24, 2.45) is 4.99 Å². The van der Waals surface area contributed by atoms with Gasteiger partial charge in [-0.1, -0.05) is 54.5 Å². The van der Waals surface area contributed by atoms with Gasteiger partial charge in [-0.15, -0.1) is 0 Å². The van der Waals surface area contributed by atoms with Gasteiger partial charge in [-0.3, -0.25) is 4.98 Å². The monoisotopic (exact) mass is 449 g/mol. The van der Waals surface area contributed by atoms with E-state index in [0.717, 1.165) is 27.4 Å². The molecule has 1 aliphatic carbocycles. The normalized spacial score (nSPS) is 14.3. The van der Waals surface area contributed by atoms with E-state index in [0.29, 0.717) is 18.7 Å². The van der Waals surface area contributed by atoms with Crippen molar-refractivity contribution < 1.29 is 10.2 Å². The third-order valence-electron chi connectivity index (χ3n) is 4.43. The number of aliphatic hydroxyl groups is 2. The second-order valence-electron chi connectivity index (χ2n) is 6.89. The molecule has 0 bridgehead atoms. The number of aromatic nitrogens is 1. The van der Waals surface area contributed by atoms with E-state index in [1.807, 2.05) is 61.6 Å². The van der Waals surface area contributed by atoms with Crippen LogP contribution in [-0.2, 0) is 0 Å². The minimum atomic E-state index is -0.318. The fraction of sp³-hybridized carbons (Fsp3) is 0.231. The molecule has 0 amide bonds. The predicted octanol–water partition coefficient (Wildman–Crippen LogP) is 3.93. The van der Waals surface area contributed by atoms with Crippen molar-refractivity contribution in [1.29, 1.82) is 0 Å². The highest BCUT2D eigenvalue weighted by molar-refractivity contribution is 6.29. The van der Waals surface area contributed by atoms with Gasteiger partial charge in [-0.25, -0.2) is 4.99 Å². The molecular formula is C26H28ClN3O2. The zero-order valence-electron chi connectivity index (χ0n) is 18.1. The number of pyridine rings is 1. The maximum atomic E-state index is 9.02. The summed E-state index contributed by atoms with van der Waals surface area (Å²) < 4.78 is 0. The lowest BCUT2D eigenvalue weighted by atomic mass is 10.1. The van der Waals surface area contributed by atoms with Crippen LogP contribution >= 0.6 is 11.6 Å². The third-order valence-corrected chi connectivity index (χ3v) is 4.71. The van der Waals surface area contributed by atoms with Crippen molar-refractivity contribution in [1.82, 2.24) is 10.3 Å². The Balaban J connectivity index is 1.95. The van der Waals surface area contributed by atoms with Crippen LogP contribution in [0.5, 0.6) is 0 Å². The van der Waals surface area contributed by atoms with Crippen molar-refractivity contribution in [3.05, 3.63) is 94.5 Å². The van der Waals surface area contributed by atoms with Crippen molar-refractivity contribution in [2.75, 3.05) is 19.8 Å². The molecule has 166 valence electrons. The van der Waals surface area contributed by atoms with E-state index in [-0.39, 0.29) is 19.3 Å². The SMILES string of the molecule is C=C(C=N/C(C#Cc1ccc(/C=C/CNC(CO)CO)nc1)=C\C)C1=CC=C(Cl)CC=C1. The van der Waals surface area contributed by atoms with Crippen LogP contribution in [0.3, 0.4) is 0 Å². The molecule has 1 aromatic rings. The number of nitrogens with one attached hydrogen (secondary N) is 1. The van der Waals surface area contributed by atoms with Gasteiger partial charge in [0.15, 0.2) is 0 Å². The quantitative estimate of drug-likeness (QED) is 0.394. The molecular weight excluding hydrogens is 422 g/mol. The first-order chi connectivity index (χ1) is 15.5. The van der Waals surface area contributed by atoms with Crippen LogP contribution in [0.1, 0.15) is 24.6 Å². The van der Waals surface area contributed by atoms with E-state index in [2.05, 4.69) is 33.7 Å². The molecule has 0 unspecified atom stereocenters. The zero-order valence-corrected chi connectivity index (χ0v) is 18.9. The molecule has 1 heterocycles. The van der Waals surface area contributed by atoms with E-state index in [1.165, 1.54) is 0 Å². The van der Waals surface area contributed by atoms with Gasteiger partial charge in [-0.2, -0.15) is 0 Å². The van der Waals surface area contributed by atoms with Crippen LogP contribution in [0, 0.1) is 11.8 Å². The molecule has 0 spiro atoms. The first kappa shape index (κ1) is 25.3. The highest BCUT2D eigenvalue weighted by atomic mass is 35.5. The summed E-state index contributed by atoms with van der Waals surface area (Å²) in [5.41, 5.74) is 3.95. The largest absolute Gasteiger partial charge is 0.395 e. The second kappa shape index (κ2) is 14.1. The number of halogens is 1. The molecule has 32 heavy (non-hydrogen) atoms. The van der Waals surface area contributed by atoms with Gasteiger partial charge in [0, 0.05) is 36.0 Å². The topological polar surface area (TPSA) is 77.7 Å². The number of hydrogen-bond donors (Lipinski definition) is 3. The lowest BCUT2D eigenvalue weighted by Crippen LogP contribution is -2.35. The standard InChI is InChI=1S/C26H28ClN3O2/c1-3-24(29-16-20(2)22-6-4-7-23(27)12-11-22)13-9-21-10-14-25(30-17-21)8-5-15-28-26(18-31)19-32/h3-6,8,10-12,14,16-17,26,28,31-32H,2,7,15,18-19H2,1H3/b8-5+,24-3-,29-16?. The summed E-state index contributed by atoms with van der Waals surface area (Å²) in [7, 11) is 0. The van der Waals surface area contributed by atoms with Crippen molar-refractivity contribution in [3.63, 3.8) is 0 Å². The highest BCUT2D eigenvalue weighted by Crippen LogP contribution is 2.18. The Labute approximate surface area is 195 Å². The Morgan fingerprint density at radius 2 is 2.16 bits per heavy atom. The molecule has 0 aliphatic heterocycles. The Hall–Kier alpha value is -3.01. The number of allylic oxidation sites excluding steroid dienone is 9. The Bertz CT molecular complexity index is 1020. The average Bonchev–Trinajstić information content (AvgIpc) is 3.04. The smallest absolute Gasteiger partial charge is 0.109 e. The van der Waals surface area contributed by atoms with Crippen molar-refractivity contribution in [3.8, 4) is 11.8 Å². The van der Waals surface area contributed by atoms with Crippen LogP contribution in [0.2, 0.25) is 0 Å². The van der Waals surface area contributed by atoms with E-state index >= 15 is 0 Å². The van der Waals surface area contributed by atoms with E-state index in [4.69, 9.17) is 21.8 Å². The van der Waals surface area contributed by atoms with Crippen LogP contribution in [0.4, 0.5) is 0 Å². The molecule has 6 heteroatoms. The summed E-state index contributed by atoms with van der Waals surface area (Å²) in [4.78, 5) is 8.81. The predicted molar refractivity (Wildman–Crippen MR) is 133 cm³/mol. The van der Waals surface area contributed by atoms with Gasteiger partial charge in [0.1, 0.15) is 5.70 Å². The summed E-state index contributed by atoms with van der Waals surface area (Å²) in [6, 6.07) is 3.45. The second-order valence-corrected chi connectivity index (χ2v) is 7.38. The fourth-order valence-electron chi connectivity index (χ4n) is 2.53. The first-order valence-electron chi connectivity index (χ1n) is 10.3. The number of aliphatic hydroxyl groups excluding tert-OH is 2. The molecule has 0 radical (unpaired) electrons. The van der Waals surface area contributed by atoms with Gasteiger partial charge in [0.25, 0.3) is 0 Å². The van der Waals surface area contributed by atoms with Gasteiger partial charge in [-0.05, 0) is 48.3 Å². The Kier molecular flexibility index (Phi) is 11.1. The third kappa shape index (κ3) is 9.01. The Morgan fingerprint density at radius 1 is 1.34 bits per heavy atom. The minimum Gasteiger partial charge on any atom is -0.395 e. The molecule has 3 N–H and O–H groups in total. The van der Waals surface area contributed by atoms with Gasteiger partial charge in [0.2, 0.25) is 0 Å². The molecule has 0 fully saturated rings. The van der Waals surface area contributed by atoms with Crippen molar-refractivity contribution in [2.45, 2.75) is 19.4 Å². The number of aliphatic imine (C=N–C) groups is 1. The molecule has 1 aliphatic rings. The zero-order chi connectivity index (χ0) is 23.2. The van der Waals surface area contributed by atoms with Gasteiger partial charge in [0.05, 0.1) is 24.9 Å². The summed E-state index contributed by atoms with van der Waals surface area (Å²) in [5.74, 6) is 6.11. The van der Waals surface area contributed by atoms with Gasteiger partial charge < -0.3 is 15.5 Å². The summed E-state index contributed by atoms with van der Waals surface area (Å²) in [6.07, 6.45) is 17.5. The van der Waals surface area contributed by atoms with E-state index in [9.17, 15) is 0 Å². The molecule has 0 atom stereocenters. The van der Waals surface area contributed by atoms with Crippen LogP contribution in [-0.4, -0.2) is 47.2 Å². The Morgan fingerprint density at radius 3 is 2.84 bits per heavy atom. The molecule has 2 rings (SSSR count). The first-order valence-corrected chi connectivity index (χ1v) is 10.7. The van der Waals surface area contributed by atoms with E-state index < -0.39 is 0 Å². The minimum absolute atomic E-state index is 0.108. The lowest BCUT2D eigenvalue weighted by molar-refractivity contribution is 0.174. The molecule has 0 saturated heterocycles. The number of nitrogens with zero attached hydrogens (tertiary/aromatic N) is 2. The van der Waals surface area contributed by atoms with Crippen LogP contribution in [0.15, 0.2) is 88.2 Å². The average molecular weight is 450 g/mol. The fourth-order valence-corrected chi connectivity index (χ4v) is 2.68. The summed E-state index contributed by atoms with van der Waals surface area (Å²) in [5, 5.41) is 21.8. The number of rotatable bonds is 9. The summed E-state index contributed by atoms with van der Waals surface area (Å²) >= 11 is 6.05. The maximum absolute atomic E-state index is 9.02. The summed E-state index contributed by atoms with van der Waals surface area (Å²) in [6.45, 7) is 6.26. The molecule has 0 saturated carbocycles. The van der Waals surface area contributed by atoms with Gasteiger partial charge >= 0.3 is 0 Å². The lowest BCUT2D eigenvalue weighted by Gasteiger charge is -2.10. The molecule has 1 aromatic heterocycles. The van der Waals surface area contributed by atoms with Crippen molar-refractivity contribution >= 4 is 23.9 Å². The highest BCUT2D eigenvalue weighted by Gasteiger charge is 2.02. The molecule has 0 aromatic carbocycles. The van der Waals surface area contributed by atoms with Crippen LogP contribution < -0.4 is 5.32 Å².